The van der Waals surface area contributed by atoms with Crippen molar-refractivity contribution >= 4 is 22.8 Å². The van der Waals surface area contributed by atoms with Crippen LogP contribution in [0.15, 0.2) is 57.7 Å². The zero-order valence-corrected chi connectivity index (χ0v) is 16.4. The van der Waals surface area contributed by atoms with Gasteiger partial charge in [0, 0.05) is 17.0 Å². The third kappa shape index (κ3) is 3.78. The predicted octanol–water partition coefficient (Wildman–Crippen LogP) is 2.99. The SMILES string of the molecule is C[C@@H](Oc1ccc2c3c(c(=O)oc2c1)CCC3)C(=O)N[C@H](C(=O)O)c1ccccc1. The van der Waals surface area contributed by atoms with Gasteiger partial charge in [0.25, 0.3) is 5.91 Å². The van der Waals surface area contributed by atoms with Crippen LogP contribution in [0.4, 0.5) is 0 Å². The first-order chi connectivity index (χ1) is 14.4. The summed E-state index contributed by atoms with van der Waals surface area (Å²) in [6.45, 7) is 1.53. The highest BCUT2D eigenvalue weighted by molar-refractivity contribution is 5.87. The molecule has 0 saturated heterocycles. The first-order valence-electron chi connectivity index (χ1n) is 9.77. The molecule has 0 fully saturated rings. The van der Waals surface area contributed by atoms with E-state index in [1.165, 1.54) is 6.92 Å². The van der Waals surface area contributed by atoms with E-state index in [0.29, 0.717) is 16.9 Å². The second-order valence-electron chi connectivity index (χ2n) is 7.31. The standard InChI is InChI=1S/C23H21NO6/c1-13(21(25)24-20(22(26)27)14-6-3-2-4-7-14)29-15-10-11-17-16-8-5-9-18(16)23(28)30-19(17)12-15/h2-4,6-7,10-13,20H,5,8-9H2,1H3,(H,24,25)(H,26,27)/t13-,20+/m1/s1. The molecule has 1 aliphatic rings. The quantitative estimate of drug-likeness (QED) is 0.609. The smallest absolute Gasteiger partial charge is 0.339 e. The highest BCUT2D eigenvalue weighted by atomic mass is 16.5. The van der Waals surface area contributed by atoms with E-state index in [1.54, 1.807) is 42.5 Å². The molecule has 0 aliphatic heterocycles. The molecule has 2 aromatic carbocycles. The summed E-state index contributed by atoms with van der Waals surface area (Å²) in [6.07, 6.45) is 1.55. The molecular formula is C23H21NO6. The number of amides is 1. The van der Waals surface area contributed by atoms with Crippen molar-refractivity contribution in [3.05, 3.63) is 75.6 Å². The first kappa shape index (κ1) is 19.7. The van der Waals surface area contributed by atoms with Crippen LogP contribution in [-0.2, 0) is 22.4 Å². The fourth-order valence-electron chi connectivity index (χ4n) is 3.79. The highest BCUT2D eigenvalue weighted by Crippen LogP contribution is 2.30. The molecule has 1 aromatic heterocycles. The molecular weight excluding hydrogens is 386 g/mol. The lowest BCUT2D eigenvalue weighted by Gasteiger charge is -2.19. The lowest BCUT2D eigenvalue weighted by Crippen LogP contribution is -2.41. The minimum atomic E-state index is -1.18. The Morgan fingerprint density at radius 1 is 1.10 bits per heavy atom. The van der Waals surface area contributed by atoms with Crippen molar-refractivity contribution in [1.29, 1.82) is 0 Å². The summed E-state index contributed by atoms with van der Waals surface area (Å²) in [4.78, 5) is 36.3. The molecule has 7 nitrogen and oxygen atoms in total. The first-order valence-corrected chi connectivity index (χ1v) is 9.77. The van der Waals surface area contributed by atoms with Crippen LogP contribution in [0.2, 0.25) is 0 Å². The maximum Gasteiger partial charge on any atom is 0.339 e. The Kier molecular flexibility index (Phi) is 5.27. The monoisotopic (exact) mass is 407 g/mol. The molecule has 30 heavy (non-hydrogen) atoms. The third-order valence-electron chi connectivity index (χ3n) is 5.29. The van der Waals surface area contributed by atoms with Crippen molar-refractivity contribution in [2.75, 3.05) is 0 Å². The Morgan fingerprint density at radius 2 is 1.83 bits per heavy atom. The number of ether oxygens (including phenoxy) is 1. The summed E-state index contributed by atoms with van der Waals surface area (Å²) < 4.78 is 11.1. The van der Waals surface area contributed by atoms with Gasteiger partial charge in [0.1, 0.15) is 11.3 Å². The second-order valence-corrected chi connectivity index (χ2v) is 7.31. The van der Waals surface area contributed by atoms with Gasteiger partial charge in [-0.3, -0.25) is 4.79 Å². The van der Waals surface area contributed by atoms with E-state index in [1.807, 2.05) is 6.07 Å². The Morgan fingerprint density at radius 3 is 2.57 bits per heavy atom. The predicted molar refractivity (Wildman–Crippen MR) is 110 cm³/mol. The Bertz CT molecular complexity index is 1170. The molecule has 2 atom stereocenters. The maximum atomic E-state index is 12.5. The highest BCUT2D eigenvalue weighted by Gasteiger charge is 2.26. The fraction of sp³-hybridized carbons (Fsp3) is 0.261. The number of carboxylic acids is 1. The molecule has 0 unspecified atom stereocenters. The number of aliphatic carboxylic acids is 1. The van der Waals surface area contributed by atoms with E-state index in [2.05, 4.69) is 5.32 Å². The maximum absolute atomic E-state index is 12.5. The number of benzene rings is 2. The fourth-order valence-corrected chi connectivity index (χ4v) is 3.79. The average Bonchev–Trinajstić information content (AvgIpc) is 3.23. The van der Waals surface area contributed by atoms with Gasteiger partial charge < -0.3 is 19.6 Å². The van der Waals surface area contributed by atoms with Crippen LogP contribution in [0.5, 0.6) is 5.75 Å². The van der Waals surface area contributed by atoms with Gasteiger partial charge in [0.15, 0.2) is 12.1 Å². The van der Waals surface area contributed by atoms with Crippen LogP contribution in [0.25, 0.3) is 11.0 Å². The van der Waals surface area contributed by atoms with E-state index in [0.717, 1.165) is 35.8 Å². The Balaban J connectivity index is 1.51. The summed E-state index contributed by atoms with van der Waals surface area (Å²) in [7, 11) is 0. The van der Waals surface area contributed by atoms with Crippen LogP contribution in [-0.4, -0.2) is 23.1 Å². The number of aryl methyl sites for hydroxylation is 1. The van der Waals surface area contributed by atoms with E-state index in [4.69, 9.17) is 9.15 Å². The van der Waals surface area contributed by atoms with E-state index in [-0.39, 0.29) is 5.63 Å². The van der Waals surface area contributed by atoms with Gasteiger partial charge in [-0.25, -0.2) is 9.59 Å². The molecule has 154 valence electrons. The zero-order valence-electron chi connectivity index (χ0n) is 16.4. The van der Waals surface area contributed by atoms with Crippen molar-refractivity contribution in [1.82, 2.24) is 5.32 Å². The zero-order chi connectivity index (χ0) is 21.3. The molecule has 1 heterocycles. The summed E-state index contributed by atoms with van der Waals surface area (Å²) >= 11 is 0. The third-order valence-corrected chi connectivity index (χ3v) is 5.29. The average molecular weight is 407 g/mol. The van der Waals surface area contributed by atoms with Gasteiger partial charge in [0.2, 0.25) is 0 Å². The van der Waals surface area contributed by atoms with E-state index < -0.39 is 24.0 Å². The lowest BCUT2D eigenvalue weighted by molar-refractivity contribution is -0.143. The Hall–Kier alpha value is -3.61. The number of rotatable bonds is 6. The lowest BCUT2D eigenvalue weighted by atomic mass is 10.1. The summed E-state index contributed by atoms with van der Waals surface area (Å²) in [5.41, 5.74) is 2.31. The molecule has 1 aliphatic carbocycles. The van der Waals surface area contributed by atoms with Crippen LogP contribution < -0.4 is 15.7 Å². The number of carbonyl (C=O) groups excluding carboxylic acids is 1. The minimum Gasteiger partial charge on any atom is -0.481 e. The van der Waals surface area contributed by atoms with Crippen LogP contribution in [0.3, 0.4) is 0 Å². The summed E-state index contributed by atoms with van der Waals surface area (Å²) in [6, 6.07) is 12.4. The second kappa shape index (κ2) is 8.02. The van der Waals surface area contributed by atoms with E-state index in [9.17, 15) is 19.5 Å². The topological polar surface area (TPSA) is 106 Å². The van der Waals surface area contributed by atoms with Crippen LogP contribution in [0.1, 0.15) is 36.1 Å². The van der Waals surface area contributed by atoms with Gasteiger partial charge in [-0.05, 0) is 49.4 Å². The largest absolute Gasteiger partial charge is 0.481 e. The normalized spacial score (nSPS) is 14.7. The molecule has 0 spiro atoms. The molecule has 7 heteroatoms. The molecule has 4 rings (SSSR count). The molecule has 0 saturated carbocycles. The molecule has 1 amide bonds. The van der Waals surface area contributed by atoms with Gasteiger partial charge >= 0.3 is 11.6 Å². The molecule has 0 radical (unpaired) electrons. The minimum absolute atomic E-state index is 0.329. The van der Waals surface area contributed by atoms with Gasteiger partial charge in [-0.15, -0.1) is 0 Å². The molecule has 0 bridgehead atoms. The van der Waals surface area contributed by atoms with Crippen LogP contribution in [0, 0.1) is 0 Å². The summed E-state index contributed by atoms with van der Waals surface area (Å²) in [5.74, 6) is -1.37. The number of hydrogen-bond donors (Lipinski definition) is 2. The number of fused-ring (bicyclic) bond motifs is 3. The molecule has 2 N–H and O–H groups in total. The number of nitrogens with one attached hydrogen (secondary N) is 1. The van der Waals surface area contributed by atoms with Crippen molar-refractivity contribution < 1.29 is 23.8 Å². The number of hydrogen-bond acceptors (Lipinski definition) is 5. The van der Waals surface area contributed by atoms with Crippen molar-refractivity contribution in [2.45, 2.75) is 38.3 Å². The van der Waals surface area contributed by atoms with Crippen molar-refractivity contribution in [3.8, 4) is 5.75 Å². The van der Waals surface area contributed by atoms with Gasteiger partial charge in [-0.1, -0.05) is 30.3 Å². The number of carboxylic acid groups (broad SMARTS) is 1. The van der Waals surface area contributed by atoms with Crippen LogP contribution >= 0.6 is 0 Å². The van der Waals surface area contributed by atoms with E-state index >= 15 is 0 Å². The van der Waals surface area contributed by atoms with Gasteiger partial charge in [-0.2, -0.15) is 0 Å². The van der Waals surface area contributed by atoms with Crippen molar-refractivity contribution in [2.24, 2.45) is 0 Å². The number of carbonyl (C=O) groups is 2. The van der Waals surface area contributed by atoms with Gasteiger partial charge in [0.05, 0.1) is 0 Å². The van der Waals surface area contributed by atoms with Crippen molar-refractivity contribution in [3.63, 3.8) is 0 Å². The molecule has 3 aromatic rings. The Labute approximate surface area is 172 Å². The summed E-state index contributed by atoms with van der Waals surface area (Å²) in [5, 5.41) is 12.8.